The van der Waals surface area contributed by atoms with Crippen LogP contribution in [0, 0.1) is 13.1 Å². The van der Waals surface area contributed by atoms with Crippen LogP contribution in [0.1, 0.15) is 5.69 Å². The second-order valence-electron chi connectivity index (χ2n) is 2.92. The van der Waals surface area contributed by atoms with Gasteiger partial charge in [-0.15, -0.1) is 0 Å². The average Bonchev–Trinajstić information content (AvgIpc) is 2.18. The summed E-state index contributed by atoms with van der Waals surface area (Å²) in [6, 6.07) is 7.82. The molecule has 0 aliphatic carbocycles. The van der Waals surface area contributed by atoms with Crippen LogP contribution in [0.25, 0.3) is 10.8 Å². The van der Waals surface area contributed by atoms with E-state index in [0.717, 1.165) is 22.2 Å². The fourth-order valence-corrected chi connectivity index (χ4v) is 1.36. The first kappa shape index (κ1) is 8.05. The van der Waals surface area contributed by atoms with E-state index in [1.165, 1.54) is 0 Å². The number of nitrogens with zero attached hydrogens (tertiary/aromatic N) is 1. The van der Waals surface area contributed by atoms with Gasteiger partial charge in [0.15, 0.2) is 0 Å². The maximum Gasteiger partial charge on any atom is 0.119 e. The molecule has 0 unspecified atom stereocenters. The molecule has 0 saturated heterocycles. The van der Waals surface area contributed by atoms with Gasteiger partial charge in [-0.05, 0) is 30.5 Å². The molecule has 2 rings (SSSR count). The topological polar surface area (TPSA) is 22.1 Å². The zero-order valence-corrected chi connectivity index (χ0v) is 7.66. The Morgan fingerprint density at radius 3 is 3.00 bits per heavy atom. The highest BCUT2D eigenvalue weighted by Crippen LogP contribution is 2.21. The number of hydrogen-bond donors (Lipinski definition) is 0. The first-order valence-electron chi connectivity index (χ1n) is 4.12. The van der Waals surface area contributed by atoms with Gasteiger partial charge in [-0.1, -0.05) is 6.07 Å². The molecule has 1 heterocycles. The van der Waals surface area contributed by atoms with Crippen molar-refractivity contribution in [2.24, 2.45) is 0 Å². The summed E-state index contributed by atoms with van der Waals surface area (Å²) in [4.78, 5) is 4.10. The van der Waals surface area contributed by atoms with Gasteiger partial charge in [0.05, 0.1) is 13.3 Å². The van der Waals surface area contributed by atoms with Crippen LogP contribution in [-0.4, -0.2) is 12.1 Å². The Hall–Kier alpha value is -1.57. The largest absolute Gasteiger partial charge is 0.497 e. The number of aryl methyl sites for hydroxylation is 1. The minimum Gasteiger partial charge on any atom is -0.497 e. The summed E-state index contributed by atoms with van der Waals surface area (Å²) in [6.07, 6.45) is 2.85. The maximum atomic E-state index is 5.14. The van der Waals surface area contributed by atoms with Crippen molar-refractivity contribution >= 4 is 10.8 Å². The molecular formula is C11H10NO. The Balaban J connectivity index is 2.74. The van der Waals surface area contributed by atoms with Gasteiger partial charge in [0.25, 0.3) is 0 Å². The van der Waals surface area contributed by atoms with E-state index in [4.69, 9.17) is 4.74 Å². The number of benzene rings is 1. The van der Waals surface area contributed by atoms with E-state index in [9.17, 15) is 0 Å². The van der Waals surface area contributed by atoms with Gasteiger partial charge in [0, 0.05) is 11.1 Å². The molecule has 0 bridgehead atoms. The molecule has 2 nitrogen and oxygen atoms in total. The quantitative estimate of drug-likeness (QED) is 0.658. The highest BCUT2D eigenvalue weighted by molar-refractivity contribution is 5.85. The van der Waals surface area contributed by atoms with E-state index < -0.39 is 0 Å². The van der Waals surface area contributed by atoms with Crippen LogP contribution in [0.15, 0.2) is 24.3 Å². The van der Waals surface area contributed by atoms with Gasteiger partial charge in [-0.3, -0.25) is 4.98 Å². The Labute approximate surface area is 77.2 Å². The van der Waals surface area contributed by atoms with Crippen molar-refractivity contribution in [3.8, 4) is 5.75 Å². The first-order valence-corrected chi connectivity index (χ1v) is 4.12. The molecule has 0 aliphatic heterocycles. The lowest BCUT2D eigenvalue weighted by atomic mass is 10.1. The molecule has 0 fully saturated rings. The van der Waals surface area contributed by atoms with Crippen molar-refractivity contribution in [2.75, 3.05) is 7.11 Å². The molecule has 0 amide bonds. The van der Waals surface area contributed by atoms with Crippen molar-refractivity contribution in [1.29, 1.82) is 0 Å². The van der Waals surface area contributed by atoms with E-state index in [0.29, 0.717) is 0 Å². The number of hydrogen-bond acceptors (Lipinski definition) is 2. The second-order valence-corrected chi connectivity index (χ2v) is 2.92. The second kappa shape index (κ2) is 3.05. The molecule has 13 heavy (non-hydrogen) atoms. The van der Waals surface area contributed by atoms with Gasteiger partial charge in [-0.25, -0.2) is 0 Å². The fraction of sp³-hybridized carbons (Fsp3) is 0.182. The normalized spacial score (nSPS) is 10.3. The summed E-state index contributed by atoms with van der Waals surface area (Å²) in [5, 5.41) is 2.27. The summed E-state index contributed by atoms with van der Waals surface area (Å²) in [7, 11) is 1.67. The minimum absolute atomic E-state index is 0.864. The lowest BCUT2D eigenvalue weighted by Gasteiger charge is -2.03. The monoisotopic (exact) mass is 172 g/mol. The van der Waals surface area contributed by atoms with Crippen LogP contribution in [0.4, 0.5) is 0 Å². The van der Waals surface area contributed by atoms with Crippen LogP contribution in [0.3, 0.4) is 0 Å². The molecule has 0 saturated carbocycles. The third kappa shape index (κ3) is 1.35. The molecule has 2 heteroatoms. The maximum absolute atomic E-state index is 5.14. The van der Waals surface area contributed by atoms with E-state index in [1.807, 2.05) is 31.2 Å². The highest BCUT2D eigenvalue weighted by atomic mass is 16.5. The first-order chi connectivity index (χ1) is 6.31. The van der Waals surface area contributed by atoms with Crippen molar-refractivity contribution in [2.45, 2.75) is 6.92 Å². The molecule has 0 spiro atoms. The smallest absolute Gasteiger partial charge is 0.119 e. The number of methoxy groups -OCH3 is 1. The zero-order valence-electron chi connectivity index (χ0n) is 7.66. The summed E-state index contributed by atoms with van der Waals surface area (Å²) in [5.74, 6) is 0.864. The van der Waals surface area contributed by atoms with Crippen LogP contribution in [0.5, 0.6) is 5.75 Å². The average molecular weight is 172 g/mol. The predicted octanol–water partition coefficient (Wildman–Crippen LogP) is 2.35. The van der Waals surface area contributed by atoms with Crippen molar-refractivity contribution in [3.05, 3.63) is 36.2 Å². The molecule has 0 atom stereocenters. The van der Waals surface area contributed by atoms with Crippen molar-refractivity contribution < 1.29 is 4.74 Å². The van der Waals surface area contributed by atoms with Gasteiger partial charge in [-0.2, -0.15) is 0 Å². The third-order valence-electron chi connectivity index (χ3n) is 2.10. The molecule has 1 aromatic carbocycles. The van der Waals surface area contributed by atoms with Crippen LogP contribution >= 0.6 is 0 Å². The molecule has 2 aromatic rings. The Kier molecular flexibility index (Phi) is 1.89. The van der Waals surface area contributed by atoms with Gasteiger partial charge >= 0.3 is 0 Å². The summed E-state index contributed by atoms with van der Waals surface area (Å²) < 4.78 is 5.14. The number of pyridine rings is 1. The molecule has 65 valence electrons. The van der Waals surface area contributed by atoms with Crippen molar-refractivity contribution in [1.82, 2.24) is 4.98 Å². The Morgan fingerprint density at radius 2 is 2.23 bits per heavy atom. The SMILES string of the molecule is COc1ccc2c[c]nc(C)c2c1. The Morgan fingerprint density at radius 1 is 1.38 bits per heavy atom. The number of ether oxygens (including phenoxy) is 1. The number of rotatable bonds is 1. The fourth-order valence-electron chi connectivity index (χ4n) is 1.36. The predicted molar refractivity (Wildman–Crippen MR) is 51.9 cm³/mol. The molecule has 0 N–H and O–H groups in total. The van der Waals surface area contributed by atoms with Gasteiger partial charge in [0.2, 0.25) is 0 Å². The lowest BCUT2D eigenvalue weighted by molar-refractivity contribution is 0.415. The Bertz CT molecular complexity index is 437. The van der Waals surface area contributed by atoms with Crippen LogP contribution < -0.4 is 4.74 Å². The van der Waals surface area contributed by atoms with E-state index in [2.05, 4.69) is 11.2 Å². The third-order valence-corrected chi connectivity index (χ3v) is 2.10. The highest BCUT2D eigenvalue weighted by Gasteiger charge is 1.99. The van der Waals surface area contributed by atoms with E-state index in [-0.39, 0.29) is 0 Å². The number of aromatic nitrogens is 1. The molecule has 1 aromatic heterocycles. The standard InChI is InChI=1S/C11H10NO/c1-8-11-7-10(13-2)4-3-9(11)5-6-12-8/h3-5,7H,1-2H3. The van der Waals surface area contributed by atoms with Crippen molar-refractivity contribution in [3.63, 3.8) is 0 Å². The summed E-state index contributed by atoms with van der Waals surface area (Å²) >= 11 is 0. The molecule has 1 radical (unpaired) electrons. The van der Waals surface area contributed by atoms with Crippen LogP contribution in [0.2, 0.25) is 0 Å². The molecule has 0 aliphatic rings. The van der Waals surface area contributed by atoms with Gasteiger partial charge < -0.3 is 4.74 Å². The summed E-state index contributed by atoms with van der Waals surface area (Å²) in [5.41, 5.74) is 0.983. The lowest BCUT2D eigenvalue weighted by Crippen LogP contribution is -1.86. The minimum atomic E-state index is 0.864. The zero-order chi connectivity index (χ0) is 9.26. The number of fused-ring (bicyclic) bond motifs is 1. The summed E-state index contributed by atoms with van der Waals surface area (Å²) in [6.45, 7) is 1.97. The van der Waals surface area contributed by atoms with Gasteiger partial charge in [0.1, 0.15) is 5.75 Å². The van der Waals surface area contributed by atoms with Crippen LogP contribution in [-0.2, 0) is 0 Å². The van der Waals surface area contributed by atoms with E-state index >= 15 is 0 Å². The van der Waals surface area contributed by atoms with E-state index in [1.54, 1.807) is 7.11 Å². The molecular weight excluding hydrogens is 162 g/mol.